The van der Waals surface area contributed by atoms with Crippen LogP contribution in [0.4, 0.5) is 11.4 Å². The molecule has 1 saturated heterocycles. The zero-order valence-corrected chi connectivity index (χ0v) is 18.8. The van der Waals surface area contributed by atoms with E-state index in [9.17, 15) is 8.42 Å². The fourth-order valence-electron chi connectivity index (χ4n) is 3.42. The number of ether oxygens (including phenoxy) is 2. The number of aromatic nitrogens is 2. The van der Waals surface area contributed by atoms with Crippen LogP contribution in [-0.4, -0.2) is 60.8 Å². The Bertz CT molecular complexity index is 1220. The van der Waals surface area contributed by atoms with Crippen LogP contribution in [0.3, 0.4) is 0 Å². The summed E-state index contributed by atoms with van der Waals surface area (Å²) in [6.45, 7) is 1.41. The molecule has 164 valence electrons. The van der Waals surface area contributed by atoms with Crippen molar-refractivity contribution in [2.45, 2.75) is 4.90 Å². The maximum atomic E-state index is 13.0. The molecule has 0 unspecified atom stereocenters. The molecule has 1 aliphatic heterocycles. The van der Waals surface area contributed by atoms with E-state index in [-0.39, 0.29) is 10.0 Å². The van der Waals surface area contributed by atoms with Gasteiger partial charge in [-0.3, -0.25) is 0 Å². The average Bonchev–Trinajstić information content (AvgIpc) is 3.16. The second kappa shape index (κ2) is 8.79. The smallest absolute Gasteiger partial charge is 0.243 e. The van der Waals surface area contributed by atoms with E-state index in [0.717, 1.165) is 16.7 Å². The van der Waals surface area contributed by atoms with Crippen molar-refractivity contribution in [2.75, 3.05) is 44.0 Å². The highest BCUT2D eigenvalue weighted by Gasteiger charge is 2.27. The average molecular weight is 462 g/mol. The topological polar surface area (TPSA) is 97.7 Å². The number of hydrogen-bond donors (Lipinski definition) is 2. The molecule has 2 N–H and O–H groups in total. The molecule has 1 fully saturated rings. The molecule has 0 radical (unpaired) electrons. The first-order valence-electron chi connectivity index (χ1n) is 9.64. The molecule has 11 heteroatoms. The van der Waals surface area contributed by atoms with Crippen LogP contribution in [0.5, 0.6) is 5.75 Å². The third-order valence-electron chi connectivity index (χ3n) is 5.03. The Labute approximate surface area is 186 Å². The lowest BCUT2D eigenvalue weighted by Gasteiger charge is -2.26. The van der Waals surface area contributed by atoms with Gasteiger partial charge in [0.15, 0.2) is 5.11 Å². The van der Waals surface area contributed by atoms with Crippen LogP contribution in [0.15, 0.2) is 47.6 Å². The summed E-state index contributed by atoms with van der Waals surface area (Å²) in [6.07, 6.45) is 1.73. The zero-order chi connectivity index (χ0) is 22.0. The van der Waals surface area contributed by atoms with Gasteiger partial charge in [-0.05, 0) is 42.5 Å². The van der Waals surface area contributed by atoms with E-state index in [1.54, 1.807) is 12.4 Å². The van der Waals surface area contributed by atoms with E-state index in [0.29, 0.717) is 37.7 Å². The number of morpholine rings is 1. The van der Waals surface area contributed by atoms with Gasteiger partial charge in [0, 0.05) is 20.1 Å². The molecule has 4 rings (SSSR count). The van der Waals surface area contributed by atoms with Crippen molar-refractivity contribution >= 4 is 49.8 Å². The van der Waals surface area contributed by atoms with Gasteiger partial charge >= 0.3 is 0 Å². The molecule has 1 aromatic heterocycles. The Morgan fingerprint density at radius 3 is 2.65 bits per heavy atom. The molecule has 2 heterocycles. The molecule has 0 aliphatic carbocycles. The Balaban J connectivity index is 1.58. The second-order valence-corrected chi connectivity index (χ2v) is 9.33. The molecule has 9 nitrogen and oxygen atoms in total. The number of thiocarbonyl (C=S) groups is 1. The summed E-state index contributed by atoms with van der Waals surface area (Å²) >= 11 is 5.47. The number of methoxy groups -OCH3 is 1. The molecule has 31 heavy (non-hydrogen) atoms. The number of anilines is 2. The van der Waals surface area contributed by atoms with Gasteiger partial charge in [0.2, 0.25) is 10.0 Å². The molecular formula is C20H23N5O4S2. The zero-order valence-electron chi connectivity index (χ0n) is 17.2. The summed E-state index contributed by atoms with van der Waals surface area (Å²) in [7, 11) is -0.216. The highest BCUT2D eigenvalue weighted by atomic mass is 32.2. The van der Waals surface area contributed by atoms with Crippen LogP contribution in [0.25, 0.3) is 11.0 Å². The number of nitrogens with zero attached hydrogens (tertiary/aromatic N) is 3. The van der Waals surface area contributed by atoms with Crippen molar-refractivity contribution in [3.63, 3.8) is 0 Å². The van der Waals surface area contributed by atoms with Crippen molar-refractivity contribution in [3.8, 4) is 5.75 Å². The summed E-state index contributed by atoms with van der Waals surface area (Å²) in [5.74, 6) is 0.473. The third kappa shape index (κ3) is 4.35. The van der Waals surface area contributed by atoms with Crippen LogP contribution < -0.4 is 15.4 Å². The molecule has 2 aromatic carbocycles. The van der Waals surface area contributed by atoms with Crippen molar-refractivity contribution in [3.05, 3.63) is 42.7 Å². The second-order valence-electron chi connectivity index (χ2n) is 6.99. The predicted molar refractivity (Wildman–Crippen MR) is 123 cm³/mol. The van der Waals surface area contributed by atoms with Crippen LogP contribution in [0, 0.1) is 0 Å². The Kier molecular flexibility index (Phi) is 6.10. The summed E-state index contributed by atoms with van der Waals surface area (Å²) in [5.41, 5.74) is 2.93. The fraction of sp³-hybridized carbons (Fsp3) is 0.300. The number of sulfonamides is 1. The van der Waals surface area contributed by atoms with Gasteiger partial charge in [-0.25, -0.2) is 13.4 Å². The minimum absolute atomic E-state index is 0.160. The van der Waals surface area contributed by atoms with E-state index in [1.165, 1.54) is 23.5 Å². The Hall–Kier alpha value is -2.73. The molecule has 0 bridgehead atoms. The number of para-hydroxylation sites is 1. The number of benzene rings is 2. The van der Waals surface area contributed by atoms with Crippen molar-refractivity contribution in [1.29, 1.82) is 0 Å². The van der Waals surface area contributed by atoms with E-state index >= 15 is 0 Å². The predicted octanol–water partition coefficient (Wildman–Crippen LogP) is 2.41. The number of nitrogens with one attached hydrogen (secondary N) is 2. The number of hydrogen-bond acceptors (Lipinski definition) is 6. The van der Waals surface area contributed by atoms with Gasteiger partial charge in [0.05, 0.1) is 48.4 Å². The van der Waals surface area contributed by atoms with Gasteiger partial charge < -0.3 is 24.7 Å². The number of fused-ring (bicyclic) bond motifs is 1. The van der Waals surface area contributed by atoms with Gasteiger partial charge in [-0.2, -0.15) is 4.31 Å². The standard InChI is InChI=1S/C20H23N5O4S2/c1-24-13-21-19-15(4-3-5-17(19)24)22-20(30)23-16-12-14(6-7-18(16)28-2)31(26,27)25-8-10-29-11-9-25/h3-7,12-13H,8-11H2,1-2H3,(H2,22,23,30). The summed E-state index contributed by atoms with van der Waals surface area (Å²) in [6, 6.07) is 10.4. The van der Waals surface area contributed by atoms with E-state index in [2.05, 4.69) is 15.6 Å². The SMILES string of the molecule is COc1ccc(S(=O)(=O)N2CCOCC2)cc1NC(=S)Nc1cccc2c1ncn2C. The van der Waals surface area contributed by atoms with Crippen LogP contribution in [-0.2, 0) is 21.8 Å². The van der Waals surface area contributed by atoms with Crippen molar-refractivity contribution in [2.24, 2.45) is 7.05 Å². The summed E-state index contributed by atoms with van der Waals surface area (Å²) in [4.78, 5) is 4.56. The largest absolute Gasteiger partial charge is 0.495 e. The maximum absolute atomic E-state index is 13.0. The lowest BCUT2D eigenvalue weighted by Crippen LogP contribution is -2.40. The van der Waals surface area contributed by atoms with Gasteiger partial charge in [0.25, 0.3) is 0 Å². The maximum Gasteiger partial charge on any atom is 0.243 e. The van der Waals surface area contributed by atoms with Crippen LogP contribution >= 0.6 is 12.2 Å². The summed E-state index contributed by atoms with van der Waals surface area (Å²) < 4.78 is 40.0. The Morgan fingerprint density at radius 1 is 1.16 bits per heavy atom. The molecule has 0 amide bonds. The molecule has 0 spiro atoms. The molecular weight excluding hydrogens is 438 g/mol. The molecule has 0 atom stereocenters. The van der Waals surface area contributed by atoms with E-state index < -0.39 is 10.0 Å². The lowest BCUT2D eigenvalue weighted by molar-refractivity contribution is 0.0730. The number of rotatable bonds is 5. The van der Waals surface area contributed by atoms with Crippen LogP contribution in [0.2, 0.25) is 0 Å². The minimum atomic E-state index is -3.65. The Morgan fingerprint density at radius 2 is 1.90 bits per heavy atom. The first-order valence-corrected chi connectivity index (χ1v) is 11.5. The van der Waals surface area contributed by atoms with E-state index in [4.69, 9.17) is 21.7 Å². The fourth-order valence-corrected chi connectivity index (χ4v) is 5.07. The quantitative estimate of drug-likeness (QED) is 0.559. The molecule has 3 aromatic rings. The number of aryl methyl sites for hydroxylation is 1. The first kappa shape index (κ1) is 21.5. The molecule has 1 aliphatic rings. The van der Waals surface area contributed by atoms with Crippen molar-refractivity contribution in [1.82, 2.24) is 13.9 Å². The van der Waals surface area contributed by atoms with Gasteiger partial charge in [-0.1, -0.05) is 6.07 Å². The van der Waals surface area contributed by atoms with Crippen molar-refractivity contribution < 1.29 is 17.9 Å². The van der Waals surface area contributed by atoms with Gasteiger partial charge in [0.1, 0.15) is 11.3 Å². The third-order valence-corrected chi connectivity index (χ3v) is 7.13. The molecule has 0 saturated carbocycles. The lowest BCUT2D eigenvalue weighted by atomic mass is 10.2. The first-order chi connectivity index (χ1) is 14.9. The minimum Gasteiger partial charge on any atom is -0.495 e. The number of imidazole rings is 1. The van der Waals surface area contributed by atoms with Gasteiger partial charge in [-0.15, -0.1) is 0 Å². The van der Waals surface area contributed by atoms with Crippen LogP contribution in [0.1, 0.15) is 0 Å². The highest BCUT2D eigenvalue weighted by Crippen LogP contribution is 2.30. The monoisotopic (exact) mass is 461 g/mol. The van der Waals surface area contributed by atoms with E-state index in [1.807, 2.05) is 29.8 Å². The highest BCUT2D eigenvalue weighted by molar-refractivity contribution is 7.89. The summed E-state index contributed by atoms with van der Waals surface area (Å²) in [5, 5.41) is 6.47. The normalized spacial score (nSPS) is 15.0.